The van der Waals surface area contributed by atoms with Crippen LogP contribution in [0.3, 0.4) is 0 Å². The van der Waals surface area contributed by atoms with Crippen molar-refractivity contribution in [2.45, 2.75) is 13.8 Å². The van der Waals surface area contributed by atoms with E-state index >= 15 is 0 Å². The molecule has 0 fully saturated rings. The second-order valence-corrected chi connectivity index (χ2v) is 2.14. The van der Waals surface area contributed by atoms with Crippen LogP contribution in [0.2, 0.25) is 0 Å². The Labute approximate surface area is 55.8 Å². The fourth-order valence-corrected chi connectivity index (χ4v) is 0.364. The fourth-order valence-electron chi connectivity index (χ4n) is 0.264. The predicted molar refractivity (Wildman–Crippen MR) is 40.6 cm³/mol. The van der Waals surface area contributed by atoms with Crippen molar-refractivity contribution in [3.8, 4) is 0 Å². The molecule has 0 saturated carbocycles. The molecule has 0 aromatic heterocycles. The topological polar surface area (TPSA) is 24.4 Å². The molecule has 0 aliphatic rings. The highest BCUT2D eigenvalue weighted by Gasteiger charge is 1.75. The summed E-state index contributed by atoms with van der Waals surface area (Å²) < 4.78 is 0. The number of hydrazone groups is 1. The highest BCUT2D eigenvalue weighted by molar-refractivity contribution is 7.80. The van der Waals surface area contributed by atoms with Crippen LogP contribution in [0.1, 0.15) is 13.8 Å². The summed E-state index contributed by atoms with van der Waals surface area (Å²) in [6.45, 7) is 4.74. The molecule has 0 heterocycles. The van der Waals surface area contributed by atoms with Crippen molar-refractivity contribution in [3.05, 3.63) is 0 Å². The third-order valence-corrected chi connectivity index (χ3v) is 0.750. The zero-order valence-electron chi connectivity index (χ0n) is 5.31. The van der Waals surface area contributed by atoms with Gasteiger partial charge in [-0.2, -0.15) is 17.7 Å². The standard InChI is InChI=1S/C5H12N2S/c1-5(2)7-6-3-4-8/h6,8H,3-4H2,1-2H3. The number of nitrogens with one attached hydrogen (secondary N) is 1. The van der Waals surface area contributed by atoms with Gasteiger partial charge < -0.3 is 5.43 Å². The minimum atomic E-state index is 0.830. The van der Waals surface area contributed by atoms with Crippen LogP contribution < -0.4 is 5.43 Å². The zero-order chi connectivity index (χ0) is 6.41. The molecule has 0 saturated heterocycles. The summed E-state index contributed by atoms with van der Waals surface area (Å²) in [6, 6.07) is 0. The Balaban J connectivity index is 3.03. The van der Waals surface area contributed by atoms with E-state index in [2.05, 4.69) is 23.2 Å². The molecular formula is C5H12N2S. The molecule has 0 bridgehead atoms. The molecule has 0 aliphatic heterocycles. The monoisotopic (exact) mass is 132 g/mol. The second kappa shape index (κ2) is 4.97. The van der Waals surface area contributed by atoms with Crippen LogP contribution in [-0.2, 0) is 0 Å². The minimum absolute atomic E-state index is 0.830. The summed E-state index contributed by atoms with van der Waals surface area (Å²) in [5.41, 5.74) is 3.89. The van der Waals surface area contributed by atoms with Gasteiger partial charge in [-0.25, -0.2) is 0 Å². The lowest BCUT2D eigenvalue weighted by molar-refractivity contribution is 0.789. The maximum atomic E-state index is 3.99. The van der Waals surface area contributed by atoms with E-state index in [1.165, 1.54) is 0 Å². The molecule has 0 aromatic rings. The van der Waals surface area contributed by atoms with Gasteiger partial charge in [-0.05, 0) is 13.8 Å². The van der Waals surface area contributed by atoms with Gasteiger partial charge in [0.1, 0.15) is 0 Å². The first-order valence-electron chi connectivity index (χ1n) is 2.62. The molecule has 0 aliphatic carbocycles. The molecule has 3 heteroatoms. The predicted octanol–water partition coefficient (Wildman–Crippen LogP) is 0.902. The van der Waals surface area contributed by atoms with E-state index < -0.39 is 0 Å². The van der Waals surface area contributed by atoms with Crippen molar-refractivity contribution in [1.82, 2.24) is 5.43 Å². The van der Waals surface area contributed by atoms with Gasteiger partial charge in [0, 0.05) is 18.0 Å². The van der Waals surface area contributed by atoms with Crippen LogP contribution in [0.5, 0.6) is 0 Å². The summed E-state index contributed by atoms with van der Waals surface area (Å²) in [5, 5.41) is 3.93. The van der Waals surface area contributed by atoms with E-state index in [0.717, 1.165) is 18.0 Å². The van der Waals surface area contributed by atoms with E-state index in [1.54, 1.807) is 0 Å². The largest absolute Gasteiger partial charge is 0.309 e. The van der Waals surface area contributed by atoms with Gasteiger partial charge in [0.15, 0.2) is 0 Å². The van der Waals surface area contributed by atoms with Crippen LogP contribution in [0.15, 0.2) is 5.10 Å². The average Bonchev–Trinajstić information content (AvgIpc) is 1.66. The lowest BCUT2D eigenvalue weighted by Gasteiger charge is -1.94. The van der Waals surface area contributed by atoms with Crippen LogP contribution in [-0.4, -0.2) is 18.0 Å². The van der Waals surface area contributed by atoms with E-state index in [9.17, 15) is 0 Å². The molecular weight excluding hydrogens is 120 g/mol. The Bertz CT molecular complexity index is 76.5. The Morgan fingerprint density at radius 3 is 2.62 bits per heavy atom. The molecule has 0 amide bonds. The number of rotatable bonds is 3. The Hall–Kier alpha value is -0.180. The van der Waals surface area contributed by atoms with Gasteiger partial charge in [-0.3, -0.25) is 0 Å². The summed E-state index contributed by atoms with van der Waals surface area (Å²) in [5.74, 6) is 0.830. The summed E-state index contributed by atoms with van der Waals surface area (Å²) in [6.07, 6.45) is 0. The molecule has 48 valence electrons. The smallest absolute Gasteiger partial charge is 0.0417 e. The first-order valence-corrected chi connectivity index (χ1v) is 3.25. The van der Waals surface area contributed by atoms with Crippen molar-refractivity contribution in [2.24, 2.45) is 5.10 Å². The number of hydrogen-bond acceptors (Lipinski definition) is 3. The van der Waals surface area contributed by atoms with Crippen LogP contribution in [0.25, 0.3) is 0 Å². The summed E-state index contributed by atoms with van der Waals surface area (Å²) in [7, 11) is 0. The van der Waals surface area contributed by atoms with Gasteiger partial charge in [-0.15, -0.1) is 0 Å². The molecule has 0 unspecified atom stereocenters. The van der Waals surface area contributed by atoms with Gasteiger partial charge in [-0.1, -0.05) is 0 Å². The van der Waals surface area contributed by atoms with Crippen LogP contribution in [0, 0.1) is 0 Å². The third kappa shape index (κ3) is 5.82. The van der Waals surface area contributed by atoms with Crippen molar-refractivity contribution >= 4 is 18.3 Å². The Morgan fingerprint density at radius 2 is 2.25 bits per heavy atom. The fraction of sp³-hybridized carbons (Fsp3) is 0.800. The highest BCUT2D eigenvalue weighted by Crippen LogP contribution is 1.71. The van der Waals surface area contributed by atoms with Gasteiger partial charge in [0.25, 0.3) is 0 Å². The van der Waals surface area contributed by atoms with E-state index in [4.69, 9.17) is 0 Å². The maximum absolute atomic E-state index is 3.99. The zero-order valence-corrected chi connectivity index (χ0v) is 6.20. The molecule has 0 rings (SSSR count). The van der Waals surface area contributed by atoms with E-state index in [0.29, 0.717) is 0 Å². The molecule has 0 aromatic carbocycles. The van der Waals surface area contributed by atoms with Crippen molar-refractivity contribution in [3.63, 3.8) is 0 Å². The maximum Gasteiger partial charge on any atom is 0.0417 e. The Kier molecular flexibility index (Phi) is 4.85. The molecule has 0 atom stereocenters. The van der Waals surface area contributed by atoms with E-state index in [1.807, 2.05) is 13.8 Å². The molecule has 0 radical (unpaired) electrons. The van der Waals surface area contributed by atoms with Crippen molar-refractivity contribution in [2.75, 3.05) is 12.3 Å². The summed E-state index contributed by atoms with van der Waals surface area (Å²) in [4.78, 5) is 0. The second-order valence-electron chi connectivity index (χ2n) is 1.69. The molecule has 2 nitrogen and oxygen atoms in total. The molecule has 1 N–H and O–H groups in total. The molecule has 0 spiro atoms. The van der Waals surface area contributed by atoms with Crippen LogP contribution in [0.4, 0.5) is 0 Å². The SMILES string of the molecule is CC(C)=NNCCS. The lowest BCUT2D eigenvalue weighted by atomic mass is 10.5. The first kappa shape index (κ1) is 7.82. The number of hydrogen-bond donors (Lipinski definition) is 2. The Morgan fingerprint density at radius 1 is 1.62 bits per heavy atom. The van der Waals surface area contributed by atoms with Gasteiger partial charge in [0.05, 0.1) is 0 Å². The van der Waals surface area contributed by atoms with Gasteiger partial charge in [0.2, 0.25) is 0 Å². The number of nitrogens with zero attached hydrogens (tertiary/aromatic N) is 1. The number of thiol groups is 1. The van der Waals surface area contributed by atoms with Crippen molar-refractivity contribution in [1.29, 1.82) is 0 Å². The first-order chi connectivity index (χ1) is 3.77. The van der Waals surface area contributed by atoms with Gasteiger partial charge >= 0.3 is 0 Å². The highest BCUT2D eigenvalue weighted by atomic mass is 32.1. The minimum Gasteiger partial charge on any atom is -0.309 e. The lowest BCUT2D eigenvalue weighted by Crippen LogP contribution is -2.09. The summed E-state index contributed by atoms with van der Waals surface area (Å²) >= 11 is 3.99. The van der Waals surface area contributed by atoms with Crippen molar-refractivity contribution < 1.29 is 0 Å². The van der Waals surface area contributed by atoms with E-state index in [-0.39, 0.29) is 0 Å². The van der Waals surface area contributed by atoms with Crippen LogP contribution >= 0.6 is 12.6 Å². The third-order valence-electron chi connectivity index (χ3n) is 0.526. The molecule has 8 heavy (non-hydrogen) atoms. The normalized spacial score (nSPS) is 8.38. The average molecular weight is 132 g/mol. The quantitative estimate of drug-likeness (QED) is 0.253.